The summed E-state index contributed by atoms with van der Waals surface area (Å²) in [5.74, 6) is -0.844. The average molecular weight is 256 g/mol. The molecule has 5 nitrogen and oxygen atoms in total. The van der Waals surface area contributed by atoms with E-state index in [1.54, 1.807) is 0 Å². The highest BCUT2D eigenvalue weighted by Gasteiger charge is 2.32. The lowest BCUT2D eigenvalue weighted by Crippen LogP contribution is -2.53. The van der Waals surface area contributed by atoms with Gasteiger partial charge in [-0.05, 0) is 13.8 Å². The Hall–Kier alpha value is -1.14. The zero-order chi connectivity index (χ0) is 12.5. The van der Waals surface area contributed by atoms with Crippen molar-refractivity contribution in [1.29, 1.82) is 0 Å². The molecular weight excluding hydrogens is 240 g/mol. The quantitative estimate of drug-likeness (QED) is 0.885. The first-order valence-corrected chi connectivity index (χ1v) is 6.38. The maximum absolute atomic E-state index is 10.6. The third kappa shape index (κ3) is 2.76. The van der Waals surface area contributed by atoms with Gasteiger partial charge in [0, 0.05) is 11.9 Å². The molecule has 17 heavy (non-hydrogen) atoms. The number of hydrogen-bond donors (Lipinski definition) is 1. The third-order valence-corrected chi connectivity index (χ3v) is 3.66. The molecule has 1 aromatic heterocycles. The highest BCUT2D eigenvalue weighted by molar-refractivity contribution is 7.13. The summed E-state index contributed by atoms with van der Waals surface area (Å²) in [6, 6.07) is 0. The van der Waals surface area contributed by atoms with Crippen LogP contribution in [0.3, 0.4) is 0 Å². The molecule has 2 rings (SSSR count). The molecule has 0 unspecified atom stereocenters. The standard InChI is InChI=1S/C11H16N2O3S/c1-11(2)7-16-4-3-13(11)10-12-8(6-17-10)5-9(14)15/h6H,3-5,7H2,1-2H3,(H,14,15). The summed E-state index contributed by atoms with van der Waals surface area (Å²) in [6.07, 6.45) is -0.0126. The number of carboxylic acids is 1. The Balaban J connectivity index is 2.15. The van der Waals surface area contributed by atoms with Gasteiger partial charge >= 0.3 is 5.97 Å². The second-order valence-corrected chi connectivity index (χ2v) is 5.55. The van der Waals surface area contributed by atoms with E-state index in [1.807, 2.05) is 5.38 Å². The number of carboxylic acid groups (broad SMARTS) is 1. The minimum Gasteiger partial charge on any atom is -0.481 e. The van der Waals surface area contributed by atoms with Crippen LogP contribution in [0.25, 0.3) is 0 Å². The van der Waals surface area contributed by atoms with E-state index in [0.29, 0.717) is 18.9 Å². The summed E-state index contributed by atoms with van der Waals surface area (Å²) in [4.78, 5) is 17.2. The van der Waals surface area contributed by atoms with Gasteiger partial charge < -0.3 is 14.7 Å². The number of ether oxygens (including phenoxy) is 1. The van der Waals surface area contributed by atoms with Gasteiger partial charge in [0.05, 0.1) is 30.9 Å². The van der Waals surface area contributed by atoms with Gasteiger partial charge in [-0.2, -0.15) is 0 Å². The molecule has 0 aliphatic carbocycles. The van der Waals surface area contributed by atoms with E-state index in [4.69, 9.17) is 9.84 Å². The van der Waals surface area contributed by atoms with Crippen LogP contribution in [0.5, 0.6) is 0 Å². The number of hydrogen-bond acceptors (Lipinski definition) is 5. The molecule has 1 fully saturated rings. The Kier molecular flexibility index (Phi) is 3.35. The van der Waals surface area contributed by atoms with Crippen LogP contribution in [0.2, 0.25) is 0 Å². The molecule has 1 aliphatic rings. The molecule has 2 heterocycles. The normalized spacial score (nSPS) is 19.3. The van der Waals surface area contributed by atoms with E-state index in [1.165, 1.54) is 11.3 Å². The molecule has 1 saturated heterocycles. The van der Waals surface area contributed by atoms with Crippen molar-refractivity contribution in [2.75, 3.05) is 24.7 Å². The van der Waals surface area contributed by atoms with E-state index in [-0.39, 0.29) is 12.0 Å². The molecule has 0 atom stereocenters. The number of morpholine rings is 1. The van der Waals surface area contributed by atoms with Crippen molar-refractivity contribution < 1.29 is 14.6 Å². The van der Waals surface area contributed by atoms with Crippen molar-refractivity contribution in [3.05, 3.63) is 11.1 Å². The topological polar surface area (TPSA) is 62.7 Å². The maximum Gasteiger partial charge on any atom is 0.309 e. The van der Waals surface area contributed by atoms with Crippen LogP contribution in [0.15, 0.2) is 5.38 Å². The van der Waals surface area contributed by atoms with Gasteiger partial charge in [0.2, 0.25) is 0 Å². The number of aromatic nitrogens is 1. The zero-order valence-corrected chi connectivity index (χ0v) is 10.8. The minimum absolute atomic E-state index is 0.0126. The number of anilines is 1. The van der Waals surface area contributed by atoms with Crippen molar-refractivity contribution in [3.8, 4) is 0 Å². The van der Waals surface area contributed by atoms with E-state index in [2.05, 4.69) is 23.7 Å². The van der Waals surface area contributed by atoms with Gasteiger partial charge in [-0.3, -0.25) is 4.79 Å². The molecule has 0 bridgehead atoms. The fourth-order valence-electron chi connectivity index (χ4n) is 1.87. The molecule has 0 amide bonds. The Bertz CT molecular complexity index is 417. The summed E-state index contributed by atoms with van der Waals surface area (Å²) in [5, 5.41) is 11.4. The fraction of sp³-hybridized carbons (Fsp3) is 0.636. The van der Waals surface area contributed by atoms with Gasteiger partial charge in [-0.1, -0.05) is 0 Å². The first-order valence-electron chi connectivity index (χ1n) is 5.50. The van der Waals surface area contributed by atoms with E-state index in [9.17, 15) is 4.79 Å². The first kappa shape index (κ1) is 12.3. The summed E-state index contributed by atoms with van der Waals surface area (Å²) < 4.78 is 5.45. The predicted molar refractivity (Wildman–Crippen MR) is 65.7 cm³/mol. The van der Waals surface area contributed by atoms with Crippen molar-refractivity contribution in [2.24, 2.45) is 0 Å². The van der Waals surface area contributed by atoms with Gasteiger partial charge in [0.1, 0.15) is 0 Å². The van der Waals surface area contributed by atoms with Crippen LogP contribution in [-0.2, 0) is 16.0 Å². The molecule has 0 spiro atoms. The lowest BCUT2D eigenvalue weighted by Gasteiger charge is -2.42. The number of aliphatic carboxylic acids is 1. The largest absolute Gasteiger partial charge is 0.481 e. The highest BCUT2D eigenvalue weighted by atomic mass is 32.1. The lowest BCUT2D eigenvalue weighted by atomic mass is 10.0. The molecule has 1 aliphatic heterocycles. The van der Waals surface area contributed by atoms with Crippen LogP contribution in [-0.4, -0.2) is 41.4 Å². The smallest absolute Gasteiger partial charge is 0.309 e. The zero-order valence-electron chi connectivity index (χ0n) is 9.97. The molecular formula is C11H16N2O3S. The van der Waals surface area contributed by atoms with Gasteiger partial charge in [0.15, 0.2) is 5.13 Å². The second kappa shape index (κ2) is 4.62. The lowest BCUT2D eigenvalue weighted by molar-refractivity contribution is -0.136. The van der Waals surface area contributed by atoms with Crippen LogP contribution in [0.1, 0.15) is 19.5 Å². The van der Waals surface area contributed by atoms with Crippen molar-refractivity contribution in [1.82, 2.24) is 4.98 Å². The van der Waals surface area contributed by atoms with E-state index in [0.717, 1.165) is 11.7 Å². The Labute approximate surface area is 104 Å². The van der Waals surface area contributed by atoms with Crippen molar-refractivity contribution >= 4 is 22.4 Å². The summed E-state index contributed by atoms with van der Waals surface area (Å²) in [5.41, 5.74) is 0.538. The monoisotopic (exact) mass is 256 g/mol. The molecule has 0 radical (unpaired) electrons. The van der Waals surface area contributed by atoms with Crippen molar-refractivity contribution in [3.63, 3.8) is 0 Å². The molecule has 0 aromatic carbocycles. The SMILES string of the molecule is CC1(C)COCCN1c1nc(CC(=O)O)cs1. The van der Waals surface area contributed by atoms with Gasteiger partial charge in [0.25, 0.3) is 0 Å². The summed E-state index contributed by atoms with van der Waals surface area (Å²) in [7, 11) is 0. The predicted octanol–water partition coefficient (Wildman–Crippen LogP) is 1.39. The van der Waals surface area contributed by atoms with Crippen LogP contribution >= 0.6 is 11.3 Å². The Morgan fingerprint density at radius 3 is 3.12 bits per heavy atom. The summed E-state index contributed by atoms with van der Waals surface area (Å²) >= 11 is 1.50. The Morgan fingerprint density at radius 1 is 1.71 bits per heavy atom. The average Bonchev–Trinajstić information content (AvgIpc) is 2.64. The van der Waals surface area contributed by atoms with E-state index >= 15 is 0 Å². The molecule has 1 N–H and O–H groups in total. The summed E-state index contributed by atoms with van der Waals surface area (Å²) in [6.45, 7) is 6.36. The number of nitrogens with zero attached hydrogens (tertiary/aromatic N) is 2. The minimum atomic E-state index is -0.844. The number of thiazole rings is 1. The van der Waals surface area contributed by atoms with Gasteiger partial charge in [-0.15, -0.1) is 11.3 Å². The maximum atomic E-state index is 10.6. The van der Waals surface area contributed by atoms with Crippen LogP contribution in [0.4, 0.5) is 5.13 Å². The fourth-order valence-corrected chi connectivity index (χ4v) is 2.88. The molecule has 6 heteroatoms. The highest BCUT2D eigenvalue weighted by Crippen LogP contribution is 2.29. The first-order chi connectivity index (χ1) is 7.99. The van der Waals surface area contributed by atoms with Crippen molar-refractivity contribution in [2.45, 2.75) is 25.8 Å². The number of rotatable bonds is 3. The second-order valence-electron chi connectivity index (χ2n) is 4.71. The third-order valence-electron chi connectivity index (χ3n) is 2.75. The molecule has 94 valence electrons. The van der Waals surface area contributed by atoms with Crippen LogP contribution < -0.4 is 4.90 Å². The number of carbonyl (C=O) groups is 1. The molecule has 1 aromatic rings. The molecule has 0 saturated carbocycles. The Morgan fingerprint density at radius 2 is 2.47 bits per heavy atom. The van der Waals surface area contributed by atoms with Gasteiger partial charge in [-0.25, -0.2) is 4.98 Å². The van der Waals surface area contributed by atoms with E-state index < -0.39 is 5.97 Å². The van der Waals surface area contributed by atoms with Crippen LogP contribution in [0, 0.1) is 0 Å².